The van der Waals surface area contributed by atoms with E-state index in [0.29, 0.717) is 18.6 Å². The molecule has 1 unspecified atom stereocenters. The van der Waals surface area contributed by atoms with E-state index in [1.165, 1.54) is 25.0 Å². The summed E-state index contributed by atoms with van der Waals surface area (Å²) in [5, 5.41) is 3.36. The Kier molecular flexibility index (Phi) is 2.93. The average Bonchev–Trinajstić information content (AvgIpc) is 2.82. The van der Waals surface area contributed by atoms with Crippen LogP contribution in [0.1, 0.15) is 31.0 Å². The Morgan fingerprint density at radius 1 is 1.44 bits per heavy atom. The number of ether oxygens (including phenoxy) is 1. The van der Waals surface area contributed by atoms with E-state index in [4.69, 9.17) is 4.74 Å². The van der Waals surface area contributed by atoms with Crippen molar-refractivity contribution in [3.8, 4) is 0 Å². The minimum absolute atomic E-state index is 0.703. The van der Waals surface area contributed by atoms with Crippen molar-refractivity contribution >= 4 is 0 Å². The molecule has 1 aliphatic heterocycles. The van der Waals surface area contributed by atoms with E-state index in [-0.39, 0.29) is 0 Å². The van der Waals surface area contributed by atoms with Crippen LogP contribution in [0, 0.1) is 5.92 Å². The Morgan fingerprint density at radius 3 is 3.12 bits per heavy atom. The van der Waals surface area contributed by atoms with Gasteiger partial charge in [0.2, 0.25) is 0 Å². The predicted molar refractivity (Wildman–Crippen MR) is 61.1 cm³/mol. The largest absolute Gasteiger partial charge is 0.375 e. The Morgan fingerprint density at radius 2 is 2.38 bits per heavy atom. The summed E-state index contributed by atoms with van der Waals surface area (Å²) in [5.74, 6) is 0.706. The van der Waals surface area contributed by atoms with Crippen LogP contribution in [0.2, 0.25) is 0 Å². The van der Waals surface area contributed by atoms with Crippen LogP contribution in [0.4, 0.5) is 0 Å². The second kappa shape index (κ2) is 4.55. The molecule has 0 aromatic carbocycles. The van der Waals surface area contributed by atoms with Gasteiger partial charge in [0, 0.05) is 12.6 Å². The molecular formula is C12H19N3O. The fourth-order valence-corrected chi connectivity index (χ4v) is 2.31. The van der Waals surface area contributed by atoms with E-state index in [1.807, 2.05) is 12.5 Å². The highest BCUT2D eigenvalue weighted by atomic mass is 16.5. The molecule has 0 amide bonds. The second-order valence-corrected chi connectivity index (χ2v) is 4.90. The van der Waals surface area contributed by atoms with Crippen LogP contribution in [-0.4, -0.2) is 29.2 Å². The maximum absolute atomic E-state index is 5.78. The van der Waals surface area contributed by atoms with Crippen molar-refractivity contribution in [2.75, 3.05) is 19.7 Å². The lowest BCUT2D eigenvalue weighted by Crippen LogP contribution is -2.14. The van der Waals surface area contributed by atoms with Gasteiger partial charge in [0.25, 0.3) is 0 Å². The number of rotatable bonds is 5. The monoisotopic (exact) mass is 221 g/mol. The Hall–Kier alpha value is -0.870. The molecule has 1 aliphatic carbocycles. The molecule has 1 aromatic rings. The van der Waals surface area contributed by atoms with E-state index < -0.39 is 0 Å². The van der Waals surface area contributed by atoms with Crippen molar-refractivity contribution in [1.29, 1.82) is 0 Å². The van der Waals surface area contributed by atoms with Gasteiger partial charge in [-0.2, -0.15) is 0 Å². The lowest BCUT2D eigenvalue weighted by molar-refractivity contribution is 0.0882. The quantitative estimate of drug-likeness (QED) is 0.815. The highest BCUT2D eigenvalue weighted by molar-refractivity contribution is 5.02. The molecule has 1 N–H and O–H groups in total. The Labute approximate surface area is 96.0 Å². The van der Waals surface area contributed by atoms with Gasteiger partial charge in [0.15, 0.2) is 0 Å². The standard InChI is InChI=1S/C12H19N3O/c1-2-11(1)15-9-14-6-12(15)8-16-7-10-3-4-13-5-10/h6,9-11,13H,1-5,7-8H2. The van der Waals surface area contributed by atoms with Crippen molar-refractivity contribution < 1.29 is 4.74 Å². The first-order valence-electron chi connectivity index (χ1n) is 6.22. The predicted octanol–water partition coefficient (Wildman–Crippen LogP) is 1.34. The molecule has 1 saturated heterocycles. The molecule has 2 aliphatic rings. The third-order valence-corrected chi connectivity index (χ3v) is 3.45. The number of hydrogen-bond acceptors (Lipinski definition) is 3. The number of nitrogens with one attached hydrogen (secondary N) is 1. The van der Waals surface area contributed by atoms with Crippen molar-refractivity contribution in [1.82, 2.24) is 14.9 Å². The van der Waals surface area contributed by atoms with Crippen molar-refractivity contribution in [2.45, 2.75) is 31.9 Å². The van der Waals surface area contributed by atoms with E-state index in [9.17, 15) is 0 Å². The van der Waals surface area contributed by atoms with Crippen LogP contribution in [0.25, 0.3) is 0 Å². The first-order chi connectivity index (χ1) is 7.93. The van der Waals surface area contributed by atoms with Gasteiger partial charge in [0.05, 0.1) is 31.4 Å². The minimum atomic E-state index is 0.703. The Balaban J connectivity index is 1.48. The highest BCUT2D eigenvalue weighted by Gasteiger charge is 2.25. The lowest BCUT2D eigenvalue weighted by atomic mass is 10.1. The van der Waals surface area contributed by atoms with Crippen LogP contribution in [0.15, 0.2) is 12.5 Å². The second-order valence-electron chi connectivity index (χ2n) is 4.90. The van der Waals surface area contributed by atoms with Gasteiger partial charge in [-0.25, -0.2) is 4.98 Å². The zero-order chi connectivity index (χ0) is 10.8. The summed E-state index contributed by atoms with van der Waals surface area (Å²) in [6, 6.07) is 0.703. The fourth-order valence-electron chi connectivity index (χ4n) is 2.31. The van der Waals surface area contributed by atoms with Crippen molar-refractivity contribution in [3.63, 3.8) is 0 Å². The van der Waals surface area contributed by atoms with Crippen molar-refractivity contribution in [3.05, 3.63) is 18.2 Å². The van der Waals surface area contributed by atoms with Gasteiger partial charge in [-0.3, -0.25) is 0 Å². The lowest BCUT2D eigenvalue weighted by Gasteiger charge is -2.10. The number of hydrogen-bond donors (Lipinski definition) is 1. The van der Waals surface area contributed by atoms with Gasteiger partial charge >= 0.3 is 0 Å². The van der Waals surface area contributed by atoms with E-state index in [0.717, 1.165) is 19.7 Å². The topological polar surface area (TPSA) is 39.1 Å². The van der Waals surface area contributed by atoms with Crippen LogP contribution < -0.4 is 5.32 Å². The van der Waals surface area contributed by atoms with Crippen LogP contribution in [-0.2, 0) is 11.3 Å². The number of nitrogens with zero attached hydrogens (tertiary/aromatic N) is 2. The summed E-state index contributed by atoms with van der Waals surface area (Å²) in [4.78, 5) is 4.20. The Bertz CT molecular complexity index is 340. The summed E-state index contributed by atoms with van der Waals surface area (Å²) >= 11 is 0. The molecule has 1 saturated carbocycles. The molecule has 1 atom stereocenters. The molecule has 1 aromatic heterocycles. The molecule has 16 heavy (non-hydrogen) atoms. The zero-order valence-electron chi connectivity index (χ0n) is 9.56. The normalized spacial score (nSPS) is 25.1. The van der Waals surface area contributed by atoms with Crippen LogP contribution in [0.3, 0.4) is 0 Å². The minimum Gasteiger partial charge on any atom is -0.375 e. The molecule has 3 rings (SSSR count). The van der Waals surface area contributed by atoms with Gasteiger partial charge < -0.3 is 14.6 Å². The van der Waals surface area contributed by atoms with E-state index >= 15 is 0 Å². The fraction of sp³-hybridized carbons (Fsp3) is 0.750. The first-order valence-corrected chi connectivity index (χ1v) is 6.22. The van der Waals surface area contributed by atoms with Gasteiger partial charge in [-0.05, 0) is 31.7 Å². The number of aromatic nitrogens is 2. The number of imidazole rings is 1. The molecule has 0 radical (unpaired) electrons. The van der Waals surface area contributed by atoms with E-state index in [1.54, 1.807) is 0 Å². The molecule has 88 valence electrons. The molecule has 4 heteroatoms. The smallest absolute Gasteiger partial charge is 0.0951 e. The maximum atomic E-state index is 5.78. The first kappa shape index (κ1) is 10.3. The molecule has 0 bridgehead atoms. The summed E-state index contributed by atoms with van der Waals surface area (Å²) in [5.41, 5.74) is 1.23. The third-order valence-electron chi connectivity index (χ3n) is 3.45. The molecule has 2 heterocycles. The zero-order valence-corrected chi connectivity index (χ0v) is 9.56. The summed E-state index contributed by atoms with van der Waals surface area (Å²) in [6.45, 7) is 3.85. The molecule has 0 spiro atoms. The van der Waals surface area contributed by atoms with Crippen LogP contribution in [0.5, 0.6) is 0 Å². The van der Waals surface area contributed by atoms with Gasteiger partial charge in [0.1, 0.15) is 0 Å². The summed E-state index contributed by atoms with van der Waals surface area (Å²) < 4.78 is 8.05. The van der Waals surface area contributed by atoms with Crippen LogP contribution >= 0.6 is 0 Å². The third kappa shape index (κ3) is 2.28. The van der Waals surface area contributed by atoms with Gasteiger partial charge in [-0.15, -0.1) is 0 Å². The molecule has 2 fully saturated rings. The highest BCUT2D eigenvalue weighted by Crippen LogP contribution is 2.35. The molecule has 4 nitrogen and oxygen atoms in total. The SMILES string of the molecule is c1ncn(C2CC2)c1COCC1CCNC1. The summed E-state index contributed by atoms with van der Waals surface area (Å²) in [7, 11) is 0. The van der Waals surface area contributed by atoms with Gasteiger partial charge in [-0.1, -0.05) is 0 Å². The maximum Gasteiger partial charge on any atom is 0.0951 e. The molecular weight excluding hydrogens is 202 g/mol. The van der Waals surface area contributed by atoms with E-state index in [2.05, 4.69) is 14.9 Å². The van der Waals surface area contributed by atoms with Crippen molar-refractivity contribution in [2.24, 2.45) is 5.92 Å². The summed E-state index contributed by atoms with van der Waals surface area (Å²) in [6.07, 6.45) is 7.73. The average molecular weight is 221 g/mol.